The lowest BCUT2D eigenvalue weighted by atomic mass is 9.97. The molecule has 4 heterocycles. The van der Waals surface area contributed by atoms with Gasteiger partial charge in [-0.2, -0.15) is 13.2 Å². The van der Waals surface area contributed by atoms with Crippen molar-refractivity contribution in [2.75, 3.05) is 23.3 Å². The van der Waals surface area contributed by atoms with Crippen LogP contribution in [0.15, 0.2) is 30.5 Å². The fourth-order valence-electron chi connectivity index (χ4n) is 5.46. The van der Waals surface area contributed by atoms with Gasteiger partial charge in [0.2, 0.25) is 5.91 Å². The van der Waals surface area contributed by atoms with Crippen LogP contribution in [0, 0.1) is 13.8 Å². The molecule has 2 aliphatic heterocycles. The molecular weight excluding hydrogens is 457 g/mol. The Kier molecular flexibility index (Phi) is 5.56. The maximum Gasteiger partial charge on any atom is 0.416 e. The zero-order chi connectivity index (χ0) is 25.1. The number of carbonyl (C=O) groups excluding carboxylic acids is 1. The zero-order valence-corrected chi connectivity index (χ0v) is 20.0. The Balaban J connectivity index is 1.47. The number of pyridine rings is 1. The number of alkyl halides is 3. The van der Waals surface area contributed by atoms with E-state index < -0.39 is 17.8 Å². The summed E-state index contributed by atoms with van der Waals surface area (Å²) in [5, 5.41) is 4.01. The number of aryl methyl sites for hydroxylation is 1. The highest BCUT2D eigenvalue weighted by Gasteiger charge is 2.44. The van der Waals surface area contributed by atoms with Crippen LogP contribution >= 0.6 is 0 Å². The maximum atomic E-state index is 13.4. The lowest BCUT2D eigenvalue weighted by Crippen LogP contribution is -2.48. The number of piperazine rings is 1. The minimum atomic E-state index is -4.41. The van der Waals surface area contributed by atoms with Gasteiger partial charge in [-0.3, -0.25) is 4.79 Å². The Hall–Kier alpha value is -3.43. The van der Waals surface area contributed by atoms with Gasteiger partial charge in [0.25, 0.3) is 0 Å². The molecule has 1 amide bonds. The molecule has 2 aromatic heterocycles. The molecule has 0 radical (unpaired) electrons. The quantitative estimate of drug-likeness (QED) is 0.582. The summed E-state index contributed by atoms with van der Waals surface area (Å²) in [6.07, 6.45) is -1.69. The average Bonchev–Trinajstić information content (AvgIpc) is 3.39. The highest BCUT2D eigenvalue weighted by atomic mass is 19.4. The van der Waals surface area contributed by atoms with E-state index >= 15 is 0 Å². The van der Waals surface area contributed by atoms with E-state index in [0.29, 0.717) is 34.8 Å². The molecule has 5 rings (SSSR count). The van der Waals surface area contributed by atoms with Gasteiger partial charge in [-0.25, -0.2) is 15.0 Å². The molecule has 1 N–H and O–H groups in total. The minimum Gasteiger partial charge on any atom is -0.363 e. The van der Waals surface area contributed by atoms with Gasteiger partial charge >= 0.3 is 6.18 Å². The van der Waals surface area contributed by atoms with Crippen LogP contribution in [0.1, 0.15) is 48.8 Å². The monoisotopic (exact) mass is 484 g/mol. The van der Waals surface area contributed by atoms with E-state index in [9.17, 15) is 18.0 Å². The third kappa shape index (κ3) is 4.15. The topological polar surface area (TPSA) is 74.2 Å². The number of hydrogen-bond donors (Lipinski definition) is 1. The van der Waals surface area contributed by atoms with E-state index in [-0.39, 0.29) is 23.6 Å². The van der Waals surface area contributed by atoms with Crippen LogP contribution in [0.25, 0.3) is 11.0 Å². The Labute approximate surface area is 201 Å². The largest absolute Gasteiger partial charge is 0.416 e. The van der Waals surface area contributed by atoms with Crippen molar-refractivity contribution in [2.24, 2.45) is 0 Å². The highest BCUT2D eigenvalue weighted by molar-refractivity contribution is 5.89. The third-order valence-corrected chi connectivity index (χ3v) is 7.13. The van der Waals surface area contributed by atoms with E-state index in [1.54, 1.807) is 26.1 Å². The zero-order valence-electron chi connectivity index (χ0n) is 20.0. The lowest BCUT2D eigenvalue weighted by molar-refractivity contribution is -0.138. The van der Waals surface area contributed by atoms with Gasteiger partial charge in [0.1, 0.15) is 11.6 Å². The predicted octanol–water partition coefficient (Wildman–Crippen LogP) is 4.64. The SMILES string of the molecule is CC(=O)N1C[C@@H]2C[C@H]1CN2c1cnc2nc(C)nc(NC(C)c3cccc(C(F)(F)F)c3C)c2c1. The number of benzene rings is 1. The Bertz CT molecular complexity index is 1310. The Morgan fingerprint density at radius 1 is 1.17 bits per heavy atom. The smallest absolute Gasteiger partial charge is 0.363 e. The van der Waals surface area contributed by atoms with Crippen LogP contribution in [-0.2, 0) is 11.0 Å². The van der Waals surface area contributed by atoms with Crippen molar-refractivity contribution in [3.05, 3.63) is 53.0 Å². The summed E-state index contributed by atoms with van der Waals surface area (Å²) >= 11 is 0. The number of amides is 1. The summed E-state index contributed by atoms with van der Waals surface area (Å²) in [6.45, 7) is 8.11. The van der Waals surface area contributed by atoms with E-state index in [2.05, 4.69) is 25.2 Å². The van der Waals surface area contributed by atoms with Crippen LogP contribution in [0.2, 0.25) is 0 Å². The molecule has 3 aromatic rings. The lowest BCUT2D eigenvalue weighted by Gasteiger charge is -2.35. The second-order valence-corrected chi connectivity index (χ2v) is 9.43. The second-order valence-electron chi connectivity index (χ2n) is 9.43. The summed E-state index contributed by atoms with van der Waals surface area (Å²) in [5.74, 6) is 1.15. The number of aromatic nitrogens is 3. The Morgan fingerprint density at radius 2 is 1.94 bits per heavy atom. The van der Waals surface area contributed by atoms with Crippen LogP contribution < -0.4 is 10.2 Å². The number of halogens is 3. The van der Waals surface area contributed by atoms with Crippen molar-refractivity contribution >= 4 is 28.4 Å². The number of anilines is 2. The average molecular weight is 485 g/mol. The van der Waals surface area contributed by atoms with E-state index in [1.807, 2.05) is 17.9 Å². The third-order valence-electron chi connectivity index (χ3n) is 7.13. The van der Waals surface area contributed by atoms with Crippen LogP contribution in [0.3, 0.4) is 0 Å². The van der Waals surface area contributed by atoms with Gasteiger partial charge in [0.15, 0.2) is 5.65 Å². The first kappa shape index (κ1) is 23.3. The van der Waals surface area contributed by atoms with Gasteiger partial charge in [0, 0.05) is 26.1 Å². The molecule has 1 unspecified atom stereocenters. The first-order valence-electron chi connectivity index (χ1n) is 11.6. The van der Waals surface area contributed by atoms with E-state index in [1.165, 1.54) is 13.0 Å². The van der Waals surface area contributed by atoms with Gasteiger partial charge in [-0.05, 0) is 50.5 Å². The van der Waals surface area contributed by atoms with Crippen molar-refractivity contribution in [1.82, 2.24) is 19.9 Å². The van der Waals surface area contributed by atoms with Crippen molar-refractivity contribution in [3.63, 3.8) is 0 Å². The normalized spacial score (nSPS) is 20.5. The molecule has 2 bridgehead atoms. The molecular formula is C25H27F3N6O. The standard InChI is InChI=1S/C25H27F3N6O/c1-13-20(6-5-7-22(13)25(26,27)28)14(2)30-24-21-9-17(10-29-23(21)31-15(3)32-24)34-12-18-8-19(34)11-33(18)16(4)35/h5-7,9-10,14,18-19H,8,11-12H2,1-4H3,(H,29,30,31,32)/t14?,18-,19-/m0/s1. The molecule has 1 aromatic carbocycles. The van der Waals surface area contributed by atoms with Crippen LogP contribution in [0.5, 0.6) is 0 Å². The number of fused-ring (bicyclic) bond motifs is 3. The summed E-state index contributed by atoms with van der Waals surface area (Å²) in [6, 6.07) is 6.22. The van der Waals surface area contributed by atoms with Crippen LogP contribution in [0.4, 0.5) is 24.7 Å². The molecule has 35 heavy (non-hydrogen) atoms. The first-order chi connectivity index (χ1) is 16.5. The number of hydrogen-bond acceptors (Lipinski definition) is 6. The summed E-state index contributed by atoms with van der Waals surface area (Å²) in [5.41, 5.74) is 1.55. The van der Waals surface area contributed by atoms with E-state index in [0.717, 1.165) is 24.7 Å². The number of likely N-dealkylation sites (tertiary alicyclic amines) is 1. The molecule has 2 fully saturated rings. The molecule has 184 valence electrons. The molecule has 3 atom stereocenters. The van der Waals surface area contributed by atoms with Crippen LogP contribution in [-0.4, -0.2) is 50.9 Å². The van der Waals surface area contributed by atoms with Crippen molar-refractivity contribution in [1.29, 1.82) is 0 Å². The fraction of sp³-hybridized carbons (Fsp3) is 0.440. The van der Waals surface area contributed by atoms with Gasteiger partial charge < -0.3 is 15.1 Å². The fourth-order valence-corrected chi connectivity index (χ4v) is 5.46. The summed E-state index contributed by atoms with van der Waals surface area (Å²) in [7, 11) is 0. The van der Waals surface area contributed by atoms with Gasteiger partial charge in [-0.15, -0.1) is 0 Å². The van der Waals surface area contributed by atoms with Crippen molar-refractivity contribution < 1.29 is 18.0 Å². The Morgan fingerprint density at radius 3 is 2.60 bits per heavy atom. The minimum absolute atomic E-state index is 0.100. The molecule has 0 saturated carbocycles. The predicted molar refractivity (Wildman–Crippen MR) is 127 cm³/mol. The molecule has 0 spiro atoms. The first-order valence-corrected chi connectivity index (χ1v) is 11.6. The highest BCUT2D eigenvalue weighted by Crippen LogP contribution is 2.37. The van der Waals surface area contributed by atoms with E-state index in [4.69, 9.17) is 0 Å². The van der Waals surface area contributed by atoms with Gasteiger partial charge in [0.05, 0.1) is 34.9 Å². The number of carbonyl (C=O) groups is 1. The summed E-state index contributed by atoms with van der Waals surface area (Å²) < 4.78 is 40.3. The van der Waals surface area contributed by atoms with Gasteiger partial charge in [-0.1, -0.05) is 12.1 Å². The summed E-state index contributed by atoms with van der Waals surface area (Å²) in [4.78, 5) is 29.6. The van der Waals surface area contributed by atoms with Crippen molar-refractivity contribution in [2.45, 2.75) is 58.4 Å². The number of nitrogens with one attached hydrogen (secondary N) is 1. The molecule has 2 aliphatic rings. The maximum absolute atomic E-state index is 13.4. The molecule has 2 saturated heterocycles. The molecule has 7 nitrogen and oxygen atoms in total. The number of rotatable bonds is 4. The van der Waals surface area contributed by atoms with Crippen molar-refractivity contribution in [3.8, 4) is 0 Å². The number of nitrogens with zero attached hydrogens (tertiary/aromatic N) is 5. The molecule has 0 aliphatic carbocycles. The second kappa shape index (κ2) is 8.35. The molecule has 10 heteroatoms.